The van der Waals surface area contributed by atoms with E-state index < -0.39 is 0 Å². The van der Waals surface area contributed by atoms with Crippen molar-refractivity contribution in [3.63, 3.8) is 0 Å². The van der Waals surface area contributed by atoms with E-state index in [0.29, 0.717) is 13.1 Å². The first-order valence-corrected chi connectivity index (χ1v) is 9.27. The molecule has 5 nitrogen and oxygen atoms in total. The Kier molecular flexibility index (Phi) is 10.0. The molecular formula is C19H29ClIN5. The molecule has 1 heterocycles. The van der Waals surface area contributed by atoms with Crippen molar-refractivity contribution in [3.05, 3.63) is 51.8 Å². The Hall–Kier alpha value is -1.28. The van der Waals surface area contributed by atoms with Crippen LogP contribution >= 0.6 is 35.6 Å². The molecule has 0 aliphatic heterocycles. The molecule has 26 heavy (non-hydrogen) atoms. The van der Waals surface area contributed by atoms with Crippen LogP contribution in [0.5, 0.6) is 0 Å². The Bertz CT molecular complexity index is 727. The number of benzene rings is 1. The van der Waals surface area contributed by atoms with Gasteiger partial charge in [-0.3, -0.25) is 4.68 Å². The van der Waals surface area contributed by atoms with Crippen LogP contribution in [0.4, 0.5) is 0 Å². The van der Waals surface area contributed by atoms with Gasteiger partial charge in [0.1, 0.15) is 0 Å². The average Bonchev–Trinajstić information content (AvgIpc) is 2.93. The molecule has 1 aromatic carbocycles. The molecule has 0 aliphatic carbocycles. The minimum absolute atomic E-state index is 0. The molecule has 2 rings (SSSR count). The van der Waals surface area contributed by atoms with Crippen molar-refractivity contribution in [1.29, 1.82) is 0 Å². The first-order valence-electron chi connectivity index (χ1n) is 8.89. The van der Waals surface area contributed by atoms with Crippen LogP contribution < -0.4 is 10.6 Å². The number of nitrogens with one attached hydrogen (secondary N) is 2. The molecule has 0 bridgehead atoms. The van der Waals surface area contributed by atoms with E-state index in [4.69, 9.17) is 11.6 Å². The van der Waals surface area contributed by atoms with Gasteiger partial charge in [-0.2, -0.15) is 5.10 Å². The molecule has 1 aromatic heterocycles. The van der Waals surface area contributed by atoms with Gasteiger partial charge in [0, 0.05) is 36.4 Å². The van der Waals surface area contributed by atoms with Gasteiger partial charge in [0.15, 0.2) is 5.96 Å². The summed E-state index contributed by atoms with van der Waals surface area (Å²) in [5.74, 6) is 0.787. The van der Waals surface area contributed by atoms with E-state index in [-0.39, 0.29) is 24.0 Å². The Labute approximate surface area is 178 Å². The molecule has 0 fully saturated rings. The van der Waals surface area contributed by atoms with Crippen molar-refractivity contribution in [2.75, 3.05) is 6.54 Å². The fourth-order valence-electron chi connectivity index (χ4n) is 2.90. The summed E-state index contributed by atoms with van der Waals surface area (Å²) < 4.78 is 1.99. The molecule has 0 saturated carbocycles. The number of nitrogens with zero attached hydrogens (tertiary/aromatic N) is 3. The predicted octanol–water partition coefficient (Wildman–Crippen LogP) is 4.07. The molecule has 2 N–H and O–H groups in total. The summed E-state index contributed by atoms with van der Waals surface area (Å²) in [6.07, 6.45) is 1.89. The van der Waals surface area contributed by atoms with E-state index in [1.165, 1.54) is 11.3 Å². The topological polar surface area (TPSA) is 54.2 Å². The normalized spacial score (nSPS) is 11.2. The lowest BCUT2D eigenvalue weighted by Crippen LogP contribution is -2.37. The van der Waals surface area contributed by atoms with Gasteiger partial charge in [-0.05, 0) is 31.4 Å². The molecule has 7 heteroatoms. The van der Waals surface area contributed by atoms with Crippen molar-refractivity contribution in [1.82, 2.24) is 20.4 Å². The number of halogens is 2. The van der Waals surface area contributed by atoms with Crippen LogP contribution in [0.15, 0.2) is 29.3 Å². The molecule has 0 atom stereocenters. The highest BCUT2D eigenvalue weighted by atomic mass is 127. The van der Waals surface area contributed by atoms with Gasteiger partial charge in [-0.1, -0.05) is 43.6 Å². The SMILES string of the molecule is CCNC(=NCc1ccccc1Cl)NCc1c(CC)nn(C)c1CC.I. The summed E-state index contributed by atoms with van der Waals surface area (Å²) in [4.78, 5) is 4.66. The zero-order chi connectivity index (χ0) is 18.2. The molecule has 144 valence electrons. The number of guanidine groups is 1. The highest BCUT2D eigenvalue weighted by Gasteiger charge is 2.13. The van der Waals surface area contributed by atoms with E-state index in [2.05, 4.69) is 41.5 Å². The number of rotatable bonds is 7. The molecule has 0 saturated heterocycles. The Morgan fingerprint density at radius 2 is 1.88 bits per heavy atom. The second-order valence-corrected chi connectivity index (χ2v) is 6.25. The van der Waals surface area contributed by atoms with Crippen molar-refractivity contribution in [2.45, 2.75) is 46.7 Å². The minimum atomic E-state index is 0. The average molecular weight is 490 g/mol. The quantitative estimate of drug-likeness (QED) is 0.350. The lowest BCUT2D eigenvalue weighted by atomic mass is 10.1. The number of aromatic nitrogens is 2. The third kappa shape index (κ3) is 5.87. The number of hydrogen-bond acceptors (Lipinski definition) is 2. The fraction of sp³-hybridized carbons (Fsp3) is 0.474. The van der Waals surface area contributed by atoms with Gasteiger partial charge in [0.2, 0.25) is 0 Å². The maximum Gasteiger partial charge on any atom is 0.191 e. The van der Waals surface area contributed by atoms with E-state index in [1.807, 2.05) is 36.0 Å². The van der Waals surface area contributed by atoms with Crippen molar-refractivity contribution >= 4 is 41.5 Å². The van der Waals surface area contributed by atoms with Gasteiger partial charge in [-0.25, -0.2) is 4.99 Å². The Morgan fingerprint density at radius 3 is 2.50 bits per heavy atom. The van der Waals surface area contributed by atoms with Crippen LogP contribution in [0, 0.1) is 0 Å². The standard InChI is InChI=1S/C19H28ClN5.HI/c1-5-17-15(18(6-2)25(4)24-17)13-23-19(21-7-3)22-12-14-10-8-9-11-16(14)20;/h8-11H,5-7,12-13H2,1-4H3,(H2,21,22,23);1H. The minimum Gasteiger partial charge on any atom is -0.357 e. The second kappa shape index (κ2) is 11.4. The van der Waals surface area contributed by atoms with Gasteiger partial charge < -0.3 is 10.6 Å². The van der Waals surface area contributed by atoms with Crippen LogP contribution in [-0.4, -0.2) is 22.3 Å². The Morgan fingerprint density at radius 1 is 1.15 bits per heavy atom. The zero-order valence-electron chi connectivity index (χ0n) is 16.0. The van der Waals surface area contributed by atoms with Gasteiger partial charge in [0.25, 0.3) is 0 Å². The number of hydrogen-bond donors (Lipinski definition) is 2. The first kappa shape index (κ1) is 22.8. The lowest BCUT2D eigenvalue weighted by Gasteiger charge is -2.13. The monoisotopic (exact) mass is 489 g/mol. The van der Waals surface area contributed by atoms with Crippen LogP contribution in [0.25, 0.3) is 0 Å². The van der Waals surface area contributed by atoms with Gasteiger partial charge in [0.05, 0.1) is 12.2 Å². The second-order valence-electron chi connectivity index (χ2n) is 5.84. The predicted molar refractivity (Wildman–Crippen MR) is 120 cm³/mol. The first-order chi connectivity index (χ1) is 12.1. The van der Waals surface area contributed by atoms with E-state index in [0.717, 1.165) is 41.6 Å². The highest BCUT2D eigenvalue weighted by Crippen LogP contribution is 2.16. The van der Waals surface area contributed by atoms with E-state index >= 15 is 0 Å². The smallest absolute Gasteiger partial charge is 0.191 e. The van der Waals surface area contributed by atoms with Gasteiger partial charge >= 0.3 is 0 Å². The van der Waals surface area contributed by atoms with Crippen LogP contribution in [0.2, 0.25) is 5.02 Å². The molecule has 0 spiro atoms. The third-order valence-corrected chi connectivity index (χ3v) is 4.54. The summed E-state index contributed by atoms with van der Waals surface area (Å²) in [6, 6.07) is 7.80. The molecule has 0 radical (unpaired) electrons. The number of aliphatic imine (C=N–C) groups is 1. The van der Waals surface area contributed by atoms with Gasteiger partial charge in [-0.15, -0.1) is 24.0 Å². The van der Waals surface area contributed by atoms with Crippen molar-refractivity contribution < 1.29 is 0 Å². The summed E-state index contributed by atoms with van der Waals surface area (Å²) in [6.45, 7) is 8.44. The zero-order valence-corrected chi connectivity index (χ0v) is 19.1. The van der Waals surface area contributed by atoms with E-state index in [1.54, 1.807) is 0 Å². The van der Waals surface area contributed by atoms with Crippen LogP contribution in [0.3, 0.4) is 0 Å². The lowest BCUT2D eigenvalue weighted by molar-refractivity contribution is 0.702. The highest BCUT2D eigenvalue weighted by molar-refractivity contribution is 14.0. The fourth-order valence-corrected chi connectivity index (χ4v) is 3.09. The van der Waals surface area contributed by atoms with Crippen molar-refractivity contribution in [2.24, 2.45) is 12.0 Å². The summed E-state index contributed by atoms with van der Waals surface area (Å²) >= 11 is 6.22. The third-order valence-electron chi connectivity index (χ3n) is 4.17. The van der Waals surface area contributed by atoms with Crippen LogP contribution in [-0.2, 0) is 33.0 Å². The Balaban J connectivity index is 0.00000338. The van der Waals surface area contributed by atoms with Crippen molar-refractivity contribution in [3.8, 4) is 0 Å². The summed E-state index contributed by atoms with van der Waals surface area (Å²) in [7, 11) is 2.01. The molecule has 0 unspecified atom stereocenters. The molecule has 2 aromatic rings. The summed E-state index contributed by atoms with van der Waals surface area (Å²) in [5.41, 5.74) is 4.71. The number of aryl methyl sites for hydroxylation is 2. The molecular weight excluding hydrogens is 461 g/mol. The van der Waals surface area contributed by atoms with Crippen LogP contribution in [0.1, 0.15) is 43.3 Å². The maximum absolute atomic E-state index is 6.22. The maximum atomic E-state index is 6.22. The molecule has 0 amide bonds. The molecule has 0 aliphatic rings. The summed E-state index contributed by atoms with van der Waals surface area (Å²) in [5, 5.41) is 12.1. The van der Waals surface area contributed by atoms with E-state index in [9.17, 15) is 0 Å². The largest absolute Gasteiger partial charge is 0.357 e.